The summed E-state index contributed by atoms with van der Waals surface area (Å²) < 4.78 is 53.9. The normalized spacial score (nSPS) is 19.7. The van der Waals surface area contributed by atoms with Gasteiger partial charge >= 0.3 is 11.9 Å². The molecule has 1 heterocycles. The molecule has 0 amide bonds. The maximum absolute atomic E-state index is 13.3. The maximum atomic E-state index is 13.3. The van der Waals surface area contributed by atoms with Crippen molar-refractivity contribution in [1.82, 2.24) is 9.55 Å². The molecule has 1 fully saturated rings. The standard InChI is InChI=1S/C19H14F4N2O/c20-15-8-11(15)9-16-14-7-6-12(19(21,22)23)10-17(14)25(18(26)24-16)13-4-2-1-3-5-13/h1-7,10-11,15H,8-9H2/t11?,15-/m1/s1. The van der Waals surface area contributed by atoms with Crippen LogP contribution in [0, 0.1) is 5.92 Å². The molecule has 0 radical (unpaired) electrons. The van der Waals surface area contributed by atoms with E-state index in [1.165, 1.54) is 6.07 Å². The summed E-state index contributed by atoms with van der Waals surface area (Å²) >= 11 is 0. The zero-order valence-corrected chi connectivity index (χ0v) is 13.5. The third-order valence-electron chi connectivity index (χ3n) is 4.60. The minimum Gasteiger partial charge on any atom is -0.260 e. The first-order valence-corrected chi connectivity index (χ1v) is 8.17. The Kier molecular flexibility index (Phi) is 3.82. The monoisotopic (exact) mass is 362 g/mol. The Morgan fingerprint density at radius 1 is 1.12 bits per heavy atom. The predicted molar refractivity (Wildman–Crippen MR) is 89.0 cm³/mol. The van der Waals surface area contributed by atoms with Gasteiger partial charge in [0.1, 0.15) is 6.17 Å². The van der Waals surface area contributed by atoms with Crippen molar-refractivity contribution in [2.75, 3.05) is 0 Å². The minimum atomic E-state index is -4.53. The van der Waals surface area contributed by atoms with Crippen LogP contribution in [0.3, 0.4) is 0 Å². The summed E-state index contributed by atoms with van der Waals surface area (Å²) in [6, 6.07) is 11.6. The van der Waals surface area contributed by atoms with Crippen LogP contribution in [0.2, 0.25) is 0 Å². The first kappa shape index (κ1) is 16.8. The molecule has 1 aliphatic carbocycles. The molecule has 1 aliphatic rings. The van der Waals surface area contributed by atoms with Crippen molar-refractivity contribution in [2.24, 2.45) is 5.92 Å². The number of rotatable bonds is 3. The maximum Gasteiger partial charge on any atom is 0.416 e. The molecule has 7 heteroatoms. The average molecular weight is 362 g/mol. The molecule has 0 spiro atoms. The molecule has 0 bridgehead atoms. The highest BCUT2D eigenvalue weighted by Gasteiger charge is 2.38. The zero-order valence-electron chi connectivity index (χ0n) is 13.5. The van der Waals surface area contributed by atoms with E-state index < -0.39 is 23.6 Å². The third kappa shape index (κ3) is 2.98. The fourth-order valence-electron chi connectivity index (χ4n) is 3.12. The van der Waals surface area contributed by atoms with E-state index >= 15 is 0 Å². The fourth-order valence-corrected chi connectivity index (χ4v) is 3.12. The molecule has 3 aromatic rings. The number of halogens is 4. The Bertz CT molecular complexity index is 1030. The molecule has 26 heavy (non-hydrogen) atoms. The van der Waals surface area contributed by atoms with Gasteiger partial charge in [-0.05, 0) is 43.0 Å². The number of aromatic nitrogens is 2. The smallest absolute Gasteiger partial charge is 0.260 e. The van der Waals surface area contributed by atoms with E-state index in [9.17, 15) is 22.4 Å². The summed E-state index contributed by atoms with van der Waals surface area (Å²) in [5.74, 6) is -0.222. The van der Waals surface area contributed by atoms with Crippen LogP contribution in [0.1, 0.15) is 17.7 Å². The molecule has 0 N–H and O–H groups in total. The van der Waals surface area contributed by atoms with Crippen molar-refractivity contribution >= 4 is 10.9 Å². The van der Waals surface area contributed by atoms with E-state index in [4.69, 9.17) is 0 Å². The van der Waals surface area contributed by atoms with Crippen molar-refractivity contribution in [3.05, 3.63) is 70.3 Å². The van der Waals surface area contributed by atoms with E-state index in [0.717, 1.165) is 16.7 Å². The van der Waals surface area contributed by atoms with E-state index in [1.807, 2.05) is 0 Å². The molecule has 4 rings (SSSR count). The van der Waals surface area contributed by atoms with Gasteiger partial charge in [0.15, 0.2) is 0 Å². The summed E-state index contributed by atoms with van der Waals surface area (Å²) in [4.78, 5) is 16.6. The van der Waals surface area contributed by atoms with Crippen molar-refractivity contribution in [1.29, 1.82) is 0 Å². The number of fused-ring (bicyclic) bond motifs is 1. The van der Waals surface area contributed by atoms with Crippen molar-refractivity contribution in [3.63, 3.8) is 0 Å². The number of hydrogen-bond donors (Lipinski definition) is 0. The number of nitrogens with zero attached hydrogens (tertiary/aromatic N) is 2. The second-order valence-electron chi connectivity index (χ2n) is 6.46. The topological polar surface area (TPSA) is 34.9 Å². The number of hydrogen-bond acceptors (Lipinski definition) is 2. The van der Waals surface area contributed by atoms with E-state index in [1.54, 1.807) is 30.3 Å². The van der Waals surface area contributed by atoms with E-state index in [-0.39, 0.29) is 17.9 Å². The van der Waals surface area contributed by atoms with Gasteiger partial charge < -0.3 is 0 Å². The molecular formula is C19H14F4N2O. The summed E-state index contributed by atoms with van der Waals surface area (Å²) in [6.45, 7) is 0. The molecule has 134 valence electrons. The molecule has 1 saturated carbocycles. The minimum absolute atomic E-state index is 0.122. The van der Waals surface area contributed by atoms with Crippen LogP contribution >= 0.6 is 0 Å². The van der Waals surface area contributed by atoms with E-state index in [2.05, 4.69) is 4.98 Å². The van der Waals surface area contributed by atoms with Gasteiger partial charge in [0, 0.05) is 5.39 Å². The number of alkyl halides is 4. The average Bonchev–Trinajstić information content (AvgIpc) is 3.29. The van der Waals surface area contributed by atoms with Crippen molar-refractivity contribution in [3.8, 4) is 5.69 Å². The van der Waals surface area contributed by atoms with Gasteiger partial charge in [-0.2, -0.15) is 18.2 Å². The van der Waals surface area contributed by atoms with Crippen LogP contribution in [0.4, 0.5) is 17.6 Å². The Morgan fingerprint density at radius 3 is 2.42 bits per heavy atom. The molecule has 3 nitrogen and oxygen atoms in total. The van der Waals surface area contributed by atoms with Gasteiger partial charge in [-0.15, -0.1) is 0 Å². The summed E-state index contributed by atoms with van der Waals surface area (Å²) in [7, 11) is 0. The summed E-state index contributed by atoms with van der Waals surface area (Å²) in [5, 5.41) is 0.431. The van der Waals surface area contributed by atoms with Gasteiger partial charge in [0.25, 0.3) is 0 Å². The Morgan fingerprint density at radius 2 is 1.81 bits per heavy atom. The Hall–Kier alpha value is -2.70. The van der Waals surface area contributed by atoms with Crippen LogP contribution in [-0.2, 0) is 12.6 Å². The highest BCUT2D eigenvalue weighted by molar-refractivity contribution is 5.83. The van der Waals surface area contributed by atoms with E-state index in [0.29, 0.717) is 23.2 Å². The lowest BCUT2D eigenvalue weighted by Crippen LogP contribution is -2.24. The fraction of sp³-hybridized carbons (Fsp3) is 0.263. The molecule has 0 saturated heterocycles. The second kappa shape index (κ2) is 5.93. The van der Waals surface area contributed by atoms with Gasteiger partial charge in [-0.3, -0.25) is 4.57 Å². The lowest BCUT2D eigenvalue weighted by atomic mass is 10.1. The third-order valence-corrected chi connectivity index (χ3v) is 4.60. The summed E-state index contributed by atoms with van der Waals surface area (Å²) in [6.07, 6.45) is -4.83. The highest BCUT2D eigenvalue weighted by Crippen LogP contribution is 2.38. The van der Waals surface area contributed by atoms with Crippen molar-refractivity contribution < 1.29 is 17.6 Å². The van der Waals surface area contributed by atoms with Gasteiger partial charge in [0.2, 0.25) is 0 Å². The van der Waals surface area contributed by atoms with Crippen LogP contribution < -0.4 is 5.69 Å². The molecule has 1 unspecified atom stereocenters. The first-order valence-electron chi connectivity index (χ1n) is 8.17. The largest absolute Gasteiger partial charge is 0.416 e. The van der Waals surface area contributed by atoms with Gasteiger partial charge in [0.05, 0.1) is 22.5 Å². The summed E-state index contributed by atoms with van der Waals surface area (Å²) in [5.41, 5.74) is -0.626. The van der Waals surface area contributed by atoms with Crippen LogP contribution in [0.15, 0.2) is 53.3 Å². The van der Waals surface area contributed by atoms with Crippen LogP contribution in [0.25, 0.3) is 16.6 Å². The van der Waals surface area contributed by atoms with Crippen LogP contribution in [-0.4, -0.2) is 15.7 Å². The lowest BCUT2D eigenvalue weighted by Gasteiger charge is -2.15. The zero-order chi connectivity index (χ0) is 18.5. The molecule has 1 aromatic heterocycles. The number of para-hydroxylation sites is 1. The van der Waals surface area contributed by atoms with Gasteiger partial charge in [-0.1, -0.05) is 24.3 Å². The molecule has 2 aromatic carbocycles. The quantitative estimate of drug-likeness (QED) is 0.651. The molecule has 0 aliphatic heterocycles. The Balaban J connectivity index is 1.98. The van der Waals surface area contributed by atoms with Gasteiger partial charge in [-0.25, -0.2) is 9.18 Å². The lowest BCUT2D eigenvalue weighted by molar-refractivity contribution is -0.137. The molecular weight excluding hydrogens is 348 g/mol. The second-order valence-corrected chi connectivity index (χ2v) is 6.46. The van der Waals surface area contributed by atoms with Crippen molar-refractivity contribution in [2.45, 2.75) is 25.2 Å². The predicted octanol–water partition coefficient (Wildman–Crippen LogP) is 4.31. The Labute approximate surface area is 145 Å². The van der Waals surface area contributed by atoms with Crippen LogP contribution in [0.5, 0.6) is 0 Å². The number of benzene rings is 2. The molecule has 2 atom stereocenters. The first-order chi connectivity index (χ1) is 12.3. The highest BCUT2D eigenvalue weighted by atomic mass is 19.4. The SMILES string of the molecule is O=c1nc(CC2C[C@H]2F)c2ccc(C(F)(F)F)cc2n1-c1ccccc1.